The van der Waals surface area contributed by atoms with Gasteiger partial charge in [-0.2, -0.15) is 4.98 Å². The van der Waals surface area contributed by atoms with Crippen LogP contribution in [-0.2, 0) is 0 Å². The zero-order valence-electron chi connectivity index (χ0n) is 13.5. The molecule has 0 saturated carbocycles. The van der Waals surface area contributed by atoms with E-state index in [1.54, 1.807) is 25.3 Å². The normalized spacial score (nSPS) is 10.5. The standard InChI is InChI=1S/C18H18FN5/c1-3-20-18-23-16(15-6-4-5-9-21-15)11-17(24-18)22-13-8-7-12(2)14(19)10-13/h4-11H,3H2,1-2H3,(H2,20,22,23,24). The molecule has 0 saturated heterocycles. The number of benzene rings is 1. The second kappa shape index (κ2) is 7.04. The first-order valence-corrected chi connectivity index (χ1v) is 7.73. The summed E-state index contributed by atoms with van der Waals surface area (Å²) in [5.74, 6) is 0.812. The fourth-order valence-corrected chi connectivity index (χ4v) is 2.21. The van der Waals surface area contributed by atoms with Gasteiger partial charge in [0.1, 0.15) is 11.6 Å². The predicted molar refractivity (Wildman–Crippen MR) is 93.8 cm³/mol. The van der Waals surface area contributed by atoms with Crippen LogP contribution < -0.4 is 10.6 Å². The van der Waals surface area contributed by atoms with E-state index in [4.69, 9.17) is 0 Å². The molecule has 0 unspecified atom stereocenters. The van der Waals surface area contributed by atoms with Gasteiger partial charge in [-0.05, 0) is 43.7 Å². The number of anilines is 3. The smallest absolute Gasteiger partial charge is 0.225 e. The maximum absolute atomic E-state index is 13.7. The van der Waals surface area contributed by atoms with Crippen molar-refractivity contribution in [2.75, 3.05) is 17.2 Å². The van der Waals surface area contributed by atoms with Crippen molar-refractivity contribution in [3.05, 3.63) is 60.0 Å². The zero-order valence-corrected chi connectivity index (χ0v) is 13.5. The lowest BCUT2D eigenvalue weighted by Gasteiger charge is -2.11. The minimum Gasteiger partial charge on any atom is -0.354 e. The van der Waals surface area contributed by atoms with Crippen molar-refractivity contribution in [2.45, 2.75) is 13.8 Å². The average Bonchev–Trinajstić information content (AvgIpc) is 2.59. The molecule has 0 atom stereocenters. The molecule has 6 heteroatoms. The number of hydrogen-bond donors (Lipinski definition) is 2. The molecule has 0 radical (unpaired) electrons. The molecule has 1 aromatic carbocycles. The second-order valence-electron chi connectivity index (χ2n) is 5.30. The minimum atomic E-state index is -0.258. The number of pyridine rings is 1. The topological polar surface area (TPSA) is 62.7 Å². The van der Waals surface area contributed by atoms with E-state index in [9.17, 15) is 4.39 Å². The molecule has 0 spiro atoms. The van der Waals surface area contributed by atoms with Crippen LogP contribution in [0, 0.1) is 12.7 Å². The van der Waals surface area contributed by atoms with Crippen LogP contribution in [0.1, 0.15) is 12.5 Å². The molecule has 2 N–H and O–H groups in total. The number of hydrogen-bond acceptors (Lipinski definition) is 5. The summed E-state index contributed by atoms with van der Waals surface area (Å²) in [7, 11) is 0. The van der Waals surface area contributed by atoms with E-state index in [1.165, 1.54) is 6.07 Å². The fourth-order valence-electron chi connectivity index (χ4n) is 2.21. The van der Waals surface area contributed by atoms with Crippen LogP contribution in [0.4, 0.5) is 21.8 Å². The Morgan fingerprint density at radius 3 is 2.62 bits per heavy atom. The van der Waals surface area contributed by atoms with Crippen molar-refractivity contribution in [3.63, 3.8) is 0 Å². The van der Waals surface area contributed by atoms with Crippen molar-refractivity contribution in [3.8, 4) is 11.4 Å². The van der Waals surface area contributed by atoms with Crippen molar-refractivity contribution >= 4 is 17.5 Å². The van der Waals surface area contributed by atoms with E-state index in [1.807, 2.05) is 31.2 Å². The Morgan fingerprint density at radius 2 is 1.92 bits per heavy atom. The van der Waals surface area contributed by atoms with Crippen LogP contribution in [0.25, 0.3) is 11.4 Å². The Labute approximate surface area is 140 Å². The van der Waals surface area contributed by atoms with Gasteiger partial charge in [0, 0.05) is 24.5 Å². The van der Waals surface area contributed by atoms with E-state index in [0.717, 1.165) is 5.69 Å². The van der Waals surface area contributed by atoms with E-state index in [0.29, 0.717) is 35.3 Å². The molecule has 0 fully saturated rings. The van der Waals surface area contributed by atoms with Gasteiger partial charge in [-0.25, -0.2) is 9.37 Å². The monoisotopic (exact) mass is 323 g/mol. The summed E-state index contributed by atoms with van der Waals surface area (Å²) >= 11 is 0. The van der Waals surface area contributed by atoms with Crippen LogP contribution in [0.15, 0.2) is 48.7 Å². The van der Waals surface area contributed by atoms with Gasteiger partial charge < -0.3 is 10.6 Å². The van der Waals surface area contributed by atoms with E-state index >= 15 is 0 Å². The highest BCUT2D eigenvalue weighted by Crippen LogP contribution is 2.23. The lowest BCUT2D eigenvalue weighted by Crippen LogP contribution is -2.05. The molecule has 0 bridgehead atoms. The summed E-state index contributed by atoms with van der Waals surface area (Å²) in [6.07, 6.45) is 1.72. The largest absolute Gasteiger partial charge is 0.354 e. The Bertz CT molecular complexity index is 836. The summed E-state index contributed by atoms with van der Waals surface area (Å²) in [6.45, 7) is 4.40. The van der Waals surface area contributed by atoms with Crippen molar-refractivity contribution in [1.29, 1.82) is 0 Å². The van der Waals surface area contributed by atoms with Crippen LogP contribution in [-0.4, -0.2) is 21.5 Å². The van der Waals surface area contributed by atoms with E-state index in [-0.39, 0.29) is 5.82 Å². The maximum Gasteiger partial charge on any atom is 0.225 e. The van der Waals surface area contributed by atoms with Crippen molar-refractivity contribution in [1.82, 2.24) is 15.0 Å². The van der Waals surface area contributed by atoms with Gasteiger partial charge in [-0.1, -0.05) is 12.1 Å². The quantitative estimate of drug-likeness (QED) is 0.738. The van der Waals surface area contributed by atoms with Gasteiger partial charge in [-0.3, -0.25) is 4.98 Å². The Balaban J connectivity index is 1.97. The van der Waals surface area contributed by atoms with Gasteiger partial charge in [0.25, 0.3) is 0 Å². The minimum absolute atomic E-state index is 0.258. The summed E-state index contributed by atoms with van der Waals surface area (Å²) in [4.78, 5) is 13.2. The molecule has 24 heavy (non-hydrogen) atoms. The molecule has 2 aromatic heterocycles. The molecule has 0 aliphatic heterocycles. The van der Waals surface area contributed by atoms with Gasteiger partial charge in [0.05, 0.1) is 11.4 Å². The molecule has 122 valence electrons. The highest BCUT2D eigenvalue weighted by Gasteiger charge is 2.08. The third-order valence-electron chi connectivity index (χ3n) is 3.43. The number of nitrogens with one attached hydrogen (secondary N) is 2. The van der Waals surface area contributed by atoms with Crippen LogP contribution in [0.5, 0.6) is 0 Å². The molecule has 5 nitrogen and oxygen atoms in total. The highest BCUT2D eigenvalue weighted by molar-refractivity contribution is 5.65. The van der Waals surface area contributed by atoms with Crippen LogP contribution >= 0.6 is 0 Å². The highest BCUT2D eigenvalue weighted by atomic mass is 19.1. The number of nitrogens with zero attached hydrogens (tertiary/aromatic N) is 3. The second-order valence-corrected chi connectivity index (χ2v) is 5.30. The summed E-state index contributed by atoms with van der Waals surface area (Å²) in [6, 6.07) is 12.4. The lowest BCUT2D eigenvalue weighted by atomic mass is 10.2. The van der Waals surface area contributed by atoms with Gasteiger partial charge in [0.2, 0.25) is 5.95 Å². The van der Waals surface area contributed by atoms with E-state index < -0.39 is 0 Å². The fraction of sp³-hybridized carbons (Fsp3) is 0.167. The molecule has 3 aromatic rings. The van der Waals surface area contributed by atoms with E-state index in [2.05, 4.69) is 25.6 Å². The lowest BCUT2D eigenvalue weighted by molar-refractivity contribution is 0.619. The Morgan fingerprint density at radius 1 is 1.04 bits per heavy atom. The van der Waals surface area contributed by atoms with Crippen LogP contribution in [0.3, 0.4) is 0 Å². The molecule has 0 aliphatic rings. The molecule has 0 amide bonds. The number of rotatable bonds is 5. The molecule has 3 rings (SSSR count). The number of aryl methyl sites for hydroxylation is 1. The molecular weight excluding hydrogens is 305 g/mol. The van der Waals surface area contributed by atoms with Gasteiger partial charge >= 0.3 is 0 Å². The first-order chi connectivity index (χ1) is 11.7. The maximum atomic E-state index is 13.7. The van der Waals surface area contributed by atoms with Crippen molar-refractivity contribution < 1.29 is 4.39 Å². The first kappa shape index (κ1) is 15.9. The van der Waals surface area contributed by atoms with Crippen molar-refractivity contribution in [2.24, 2.45) is 0 Å². The summed E-state index contributed by atoms with van der Waals surface area (Å²) in [5.41, 5.74) is 2.67. The van der Waals surface area contributed by atoms with Crippen LogP contribution in [0.2, 0.25) is 0 Å². The summed E-state index contributed by atoms with van der Waals surface area (Å²) in [5, 5.41) is 6.22. The third-order valence-corrected chi connectivity index (χ3v) is 3.43. The number of aromatic nitrogens is 3. The molecular formula is C18H18FN5. The Kier molecular flexibility index (Phi) is 4.65. The first-order valence-electron chi connectivity index (χ1n) is 7.73. The molecule has 0 aliphatic carbocycles. The number of halogens is 1. The predicted octanol–water partition coefficient (Wildman–Crippen LogP) is 4.16. The third kappa shape index (κ3) is 3.65. The SMILES string of the molecule is CCNc1nc(Nc2ccc(C)c(F)c2)cc(-c2ccccn2)n1. The average molecular weight is 323 g/mol. The molecule has 2 heterocycles. The van der Waals surface area contributed by atoms with Gasteiger partial charge in [0.15, 0.2) is 0 Å². The summed E-state index contributed by atoms with van der Waals surface area (Å²) < 4.78 is 13.7. The Hall–Kier alpha value is -3.02. The van der Waals surface area contributed by atoms with Gasteiger partial charge in [-0.15, -0.1) is 0 Å². The zero-order chi connectivity index (χ0) is 16.9.